The van der Waals surface area contributed by atoms with Gasteiger partial charge in [-0.2, -0.15) is 0 Å². The number of hydrogen-bond donors (Lipinski definition) is 2. The van der Waals surface area contributed by atoms with E-state index in [1.165, 1.54) is 0 Å². The Morgan fingerprint density at radius 1 is 1.53 bits per heavy atom. The van der Waals surface area contributed by atoms with Crippen LogP contribution in [0.1, 0.15) is 6.92 Å². The highest BCUT2D eigenvalue weighted by molar-refractivity contribution is 14.1. The van der Waals surface area contributed by atoms with Gasteiger partial charge >= 0.3 is 0 Å². The molecule has 0 saturated heterocycles. The van der Waals surface area contributed by atoms with Gasteiger partial charge in [0.2, 0.25) is 0 Å². The molecular weight excluding hydrogens is 305 g/mol. The maximum Gasteiger partial charge on any atom is 0.120 e. The number of halogens is 1. The molecule has 1 unspecified atom stereocenters. The molecule has 1 atom stereocenters. The Bertz CT molecular complexity index is 294. The highest BCUT2D eigenvalue weighted by atomic mass is 127. The van der Waals surface area contributed by atoms with Crippen LogP contribution in [0.25, 0.3) is 0 Å². The van der Waals surface area contributed by atoms with Crippen molar-refractivity contribution in [3.05, 3.63) is 27.8 Å². The summed E-state index contributed by atoms with van der Waals surface area (Å²) in [5.74, 6) is 0.803. The van der Waals surface area contributed by atoms with Gasteiger partial charge in [-0.15, -0.1) is 0 Å². The highest BCUT2D eigenvalue weighted by Crippen LogP contribution is 2.14. The molecule has 2 N–H and O–H groups in total. The lowest BCUT2D eigenvalue weighted by molar-refractivity contribution is 0.107. The van der Waals surface area contributed by atoms with Gasteiger partial charge in [-0.1, -0.05) is 13.0 Å². The molecule has 0 radical (unpaired) electrons. The number of aliphatic hydroxyl groups excluding tert-OH is 1. The minimum Gasteiger partial charge on any atom is -0.491 e. The average Bonchev–Trinajstić information content (AvgIpc) is 2.23. The van der Waals surface area contributed by atoms with E-state index in [2.05, 4.69) is 27.9 Å². The van der Waals surface area contributed by atoms with Gasteiger partial charge in [-0.25, -0.2) is 0 Å². The molecule has 3 nitrogen and oxygen atoms in total. The van der Waals surface area contributed by atoms with Gasteiger partial charge in [0.1, 0.15) is 18.5 Å². The number of hydrogen-bond acceptors (Lipinski definition) is 3. The van der Waals surface area contributed by atoms with Crippen LogP contribution in [0.3, 0.4) is 0 Å². The second kappa shape index (κ2) is 7.03. The summed E-state index contributed by atoms with van der Waals surface area (Å²) < 4.78 is 6.58. The third kappa shape index (κ3) is 5.34. The van der Waals surface area contributed by atoms with E-state index in [0.29, 0.717) is 13.2 Å². The second-order valence-electron chi connectivity index (χ2n) is 3.23. The molecule has 1 aromatic carbocycles. The SMILES string of the molecule is CCNCC(O)COc1cccc(I)c1. The van der Waals surface area contributed by atoms with Crippen molar-refractivity contribution in [3.63, 3.8) is 0 Å². The molecule has 0 aromatic heterocycles. The Labute approximate surface area is 104 Å². The number of nitrogens with one attached hydrogen (secondary N) is 1. The molecule has 4 heteroatoms. The number of aliphatic hydroxyl groups is 1. The van der Waals surface area contributed by atoms with E-state index in [-0.39, 0.29) is 0 Å². The summed E-state index contributed by atoms with van der Waals surface area (Å²) in [5.41, 5.74) is 0. The minimum atomic E-state index is -0.456. The van der Waals surface area contributed by atoms with Crippen molar-refractivity contribution < 1.29 is 9.84 Å². The molecule has 1 rings (SSSR count). The van der Waals surface area contributed by atoms with Gasteiger partial charge in [0, 0.05) is 10.1 Å². The topological polar surface area (TPSA) is 41.5 Å². The number of rotatable bonds is 6. The Morgan fingerprint density at radius 3 is 3.00 bits per heavy atom. The molecule has 0 aliphatic rings. The molecule has 0 aliphatic carbocycles. The summed E-state index contributed by atoms with van der Waals surface area (Å²) in [6, 6.07) is 7.78. The van der Waals surface area contributed by atoms with Crippen molar-refractivity contribution in [1.29, 1.82) is 0 Å². The zero-order chi connectivity index (χ0) is 11.1. The van der Waals surface area contributed by atoms with Crippen LogP contribution in [0, 0.1) is 3.57 Å². The zero-order valence-corrected chi connectivity index (χ0v) is 10.9. The van der Waals surface area contributed by atoms with Crippen molar-refractivity contribution in [2.24, 2.45) is 0 Å². The van der Waals surface area contributed by atoms with Gasteiger partial charge in [0.15, 0.2) is 0 Å². The van der Waals surface area contributed by atoms with E-state index >= 15 is 0 Å². The third-order valence-electron chi connectivity index (χ3n) is 1.87. The van der Waals surface area contributed by atoms with Crippen molar-refractivity contribution in [2.45, 2.75) is 13.0 Å². The molecule has 0 heterocycles. The predicted octanol–water partition coefficient (Wildman–Crippen LogP) is 1.64. The molecule has 0 bridgehead atoms. The summed E-state index contributed by atoms with van der Waals surface area (Å²) in [5, 5.41) is 12.6. The lowest BCUT2D eigenvalue weighted by atomic mass is 10.3. The van der Waals surface area contributed by atoms with Crippen molar-refractivity contribution in [2.75, 3.05) is 19.7 Å². The normalized spacial score (nSPS) is 12.5. The molecule has 84 valence electrons. The highest BCUT2D eigenvalue weighted by Gasteiger charge is 2.03. The van der Waals surface area contributed by atoms with Crippen LogP contribution in [-0.2, 0) is 0 Å². The van der Waals surface area contributed by atoms with Crippen molar-refractivity contribution in [1.82, 2.24) is 5.32 Å². The van der Waals surface area contributed by atoms with Crippen LogP contribution >= 0.6 is 22.6 Å². The second-order valence-corrected chi connectivity index (χ2v) is 4.48. The van der Waals surface area contributed by atoms with Crippen LogP contribution in [0.4, 0.5) is 0 Å². The molecule has 1 aromatic rings. The van der Waals surface area contributed by atoms with Gasteiger partial charge in [0.05, 0.1) is 0 Å². The zero-order valence-electron chi connectivity index (χ0n) is 8.74. The summed E-state index contributed by atoms with van der Waals surface area (Å²) >= 11 is 2.23. The molecular formula is C11H16INO2. The monoisotopic (exact) mass is 321 g/mol. The van der Waals surface area contributed by atoms with Crippen LogP contribution in [0.5, 0.6) is 5.75 Å². The Morgan fingerprint density at radius 2 is 2.33 bits per heavy atom. The summed E-state index contributed by atoms with van der Waals surface area (Å²) in [6.45, 7) is 3.76. The molecule has 0 fully saturated rings. The first-order valence-corrected chi connectivity index (χ1v) is 6.07. The lowest BCUT2D eigenvalue weighted by Crippen LogP contribution is -2.31. The van der Waals surface area contributed by atoms with Crippen LogP contribution < -0.4 is 10.1 Å². The van der Waals surface area contributed by atoms with E-state index in [9.17, 15) is 5.11 Å². The summed E-state index contributed by atoms with van der Waals surface area (Å²) in [6.07, 6.45) is -0.456. The van der Waals surface area contributed by atoms with Crippen molar-refractivity contribution in [3.8, 4) is 5.75 Å². The van der Waals surface area contributed by atoms with E-state index in [1.54, 1.807) is 0 Å². The lowest BCUT2D eigenvalue weighted by Gasteiger charge is -2.12. The number of likely N-dealkylation sites (N-methyl/N-ethyl adjacent to an activating group) is 1. The van der Waals surface area contributed by atoms with E-state index in [4.69, 9.17) is 4.74 Å². The van der Waals surface area contributed by atoms with Gasteiger partial charge in [-0.05, 0) is 47.3 Å². The summed E-state index contributed by atoms with van der Waals surface area (Å²) in [7, 11) is 0. The molecule has 0 spiro atoms. The average molecular weight is 321 g/mol. The van der Waals surface area contributed by atoms with E-state index in [0.717, 1.165) is 15.9 Å². The number of benzene rings is 1. The maximum absolute atomic E-state index is 9.52. The first-order valence-electron chi connectivity index (χ1n) is 4.99. The molecule has 15 heavy (non-hydrogen) atoms. The first kappa shape index (κ1) is 12.7. The van der Waals surface area contributed by atoms with Gasteiger partial charge < -0.3 is 15.2 Å². The van der Waals surface area contributed by atoms with Crippen LogP contribution in [0.2, 0.25) is 0 Å². The number of ether oxygens (including phenoxy) is 1. The van der Waals surface area contributed by atoms with E-state index in [1.807, 2.05) is 31.2 Å². The van der Waals surface area contributed by atoms with Crippen LogP contribution in [0.15, 0.2) is 24.3 Å². The predicted molar refractivity (Wildman–Crippen MR) is 69.2 cm³/mol. The fourth-order valence-corrected chi connectivity index (χ4v) is 1.63. The molecule has 0 amide bonds. The molecule has 0 saturated carbocycles. The van der Waals surface area contributed by atoms with Gasteiger partial charge in [-0.3, -0.25) is 0 Å². The maximum atomic E-state index is 9.52. The Kier molecular flexibility index (Phi) is 5.97. The van der Waals surface area contributed by atoms with Crippen molar-refractivity contribution >= 4 is 22.6 Å². The largest absolute Gasteiger partial charge is 0.491 e. The fourth-order valence-electron chi connectivity index (χ4n) is 1.12. The van der Waals surface area contributed by atoms with Crippen LogP contribution in [-0.4, -0.2) is 30.9 Å². The third-order valence-corrected chi connectivity index (χ3v) is 2.54. The first-order chi connectivity index (χ1) is 7.22. The Hall–Kier alpha value is -0.330. The fraction of sp³-hybridized carbons (Fsp3) is 0.455. The smallest absolute Gasteiger partial charge is 0.120 e. The minimum absolute atomic E-state index is 0.326. The standard InChI is InChI=1S/C11H16INO2/c1-2-13-7-10(14)8-15-11-5-3-4-9(12)6-11/h3-6,10,13-14H,2,7-8H2,1H3. The molecule has 0 aliphatic heterocycles. The summed E-state index contributed by atoms with van der Waals surface area (Å²) in [4.78, 5) is 0. The Balaban J connectivity index is 2.30. The van der Waals surface area contributed by atoms with Gasteiger partial charge in [0.25, 0.3) is 0 Å². The quantitative estimate of drug-likeness (QED) is 0.783. The van der Waals surface area contributed by atoms with E-state index < -0.39 is 6.10 Å².